The summed E-state index contributed by atoms with van der Waals surface area (Å²) >= 11 is 0. The summed E-state index contributed by atoms with van der Waals surface area (Å²) in [6.07, 6.45) is 0. The Morgan fingerprint density at radius 2 is 1.73 bits per heavy atom. The quantitative estimate of drug-likeness (QED) is 0.455. The van der Waals surface area contributed by atoms with E-state index in [9.17, 15) is 14.0 Å². The SMILES string of the molecule is COc1cccc(C(=O)c2oc3ccc(NC(=O)c4cccc(F)c4)cc3c2C)c1. The van der Waals surface area contributed by atoms with Crippen molar-refractivity contribution in [3.63, 3.8) is 0 Å². The third-order valence-electron chi connectivity index (χ3n) is 4.82. The second-order valence-corrected chi connectivity index (χ2v) is 6.79. The lowest BCUT2D eigenvalue weighted by Gasteiger charge is -2.05. The van der Waals surface area contributed by atoms with Crippen molar-refractivity contribution in [1.29, 1.82) is 0 Å². The van der Waals surface area contributed by atoms with Gasteiger partial charge >= 0.3 is 0 Å². The average Bonchev–Trinajstić information content (AvgIpc) is 3.09. The van der Waals surface area contributed by atoms with Crippen molar-refractivity contribution < 1.29 is 23.1 Å². The molecular weight excluding hydrogens is 385 g/mol. The monoisotopic (exact) mass is 403 g/mol. The number of anilines is 1. The second-order valence-electron chi connectivity index (χ2n) is 6.79. The summed E-state index contributed by atoms with van der Waals surface area (Å²) in [5.74, 6) is -0.357. The van der Waals surface area contributed by atoms with Gasteiger partial charge in [0, 0.05) is 27.8 Å². The standard InChI is InChI=1S/C24H18FNO4/c1-14-20-13-18(26-24(28)16-6-3-7-17(25)11-16)9-10-21(20)30-23(14)22(27)15-5-4-8-19(12-15)29-2/h3-13H,1-2H3,(H,26,28). The fourth-order valence-electron chi connectivity index (χ4n) is 3.24. The molecule has 6 heteroatoms. The number of benzene rings is 3. The van der Waals surface area contributed by atoms with E-state index in [0.29, 0.717) is 33.5 Å². The summed E-state index contributed by atoms with van der Waals surface area (Å²) in [7, 11) is 1.54. The highest BCUT2D eigenvalue weighted by molar-refractivity contribution is 6.11. The van der Waals surface area contributed by atoms with Crippen molar-refractivity contribution in [2.24, 2.45) is 0 Å². The molecule has 4 aromatic rings. The van der Waals surface area contributed by atoms with Crippen LogP contribution in [0.1, 0.15) is 32.0 Å². The zero-order valence-corrected chi connectivity index (χ0v) is 16.4. The maximum absolute atomic E-state index is 13.4. The van der Waals surface area contributed by atoms with E-state index in [1.54, 1.807) is 49.4 Å². The molecule has 0 atom stereocenters. The summed E-state index contributed by atoms with van der Waals surface area (Å²) < 4.78 is 24.3. The molecule has 0 radical (unpaired) electrons. The molecule has 0 unspecified atom stereocenters. The number of halogens is 1. The minimum atomic E-state index is -0.482. The minimum absolute atomic E-state index is 0.216. The van der Waals surface area contributed by atoms with Gasteiger partial charge in [-0.15, -0.1) is 0 Å². The van der Waals surface area contributed by atoms with Crippen molar-refractivity contribution in [2.75, 3.05) is 12.4 Å². The van der Waals surface area contributed by atoms with E-state index in [4.69, 9.17) is 9.15 Å². The largest absolute Gasteiger partial charge is 0.497 e. The number of aryl methyl sites for hydroxylation is 1. The molecule has 1 N–H and O–H groups in total. The van der Waals surface area contributed by atoms with Crippen LogP contribution in [-0.4, -0.2) is 18.8 Å². The van der Waals surface area contributed by atoms with E-state index in [-0.39, 0.29) is 17.1 Å². The smallest absolute Gasteiger partial charge is 0.255 e. The number of rotatable bonds is 5. The van der Waals surface area contributed by atoms with Gasteiger partial charge in [0.2, 0.25) is 5.78 Å². The number of ether oxygens (including phenoxy) is 1. The lowest BCUT2D eigenvalue weighted by molar-refractivity contribution is 0.101. The zero-order chi connectivity index (χ0) is 21.3. The van der Waals surface area contributed by atoms with Crippen LogP contribution in [0.4, 0.5) is 10.1 Å². The second kappa shape index (κ2) is 7.83. The third kappa shape index (κ3) is 3.67. The number of nitrogens with one attached hydrogen (secondary N) is 1. The van der Waals surface area contributed by atoms with E-state index in [0.717, 1.165) is 0 Å². The highest BCUT2D eigenvalue weighted by Crippen LogP contribution is 2.30. The molecule has 30 heavy (non-hydrogen) atoms. The van der Waals surface area contributed by atoms with Gasteiger partial charge in [-0.05, 0) is 55.5 Å². The van der Waals surface area contributed by atoms with Crippen molar-refractivity contribution in [2.45, 2.75) is 6.92 Å². The summed E-state index contributed by atoms with van der Waals surface area (Å²) in [4.78, 5) is 25.3. The molecule has 0 fully saturated rings. The fraction of sp³-hybridized carbons (Fsp3) is 0.0833. The first-order valence-electron chi connectivity index (χ1n) is 9.25. The number of furan rings is 1. The van der Waals surface area contributed by atoms with Crippen LogP contribution >= 0.6 is 0 Å². The first-order chi connectivity index (χ1) is 14.5. The van der Waals surface area contributed by atoms with E-state index >= 15 is 0 Å². The summed E-state index contributed by atoms with van der Waals surface area (Å²) in [6, 6.07) is 17.4. The van der Waals surface area contributed by atoms with Crippen molar-refractivity contribution in [1.82, 2.24) is 0 Å². The maximum atomic E-state index is 13.4. The molecule has 0 saturated heterocycles. The Kier molecular flexibility index (Phi) is 5.06. The van der Waals surface area contributed by atoms with Crippen molar-refractivity contribution in [3.05, 3.63) is 95.0 Å². The normalized spacial score (nSPS) is 10.8. The highest BCUT2D eigenvalue weighted by Gasteiger charge is 2.20. The molecule has 0 saturated carbocycles. The summed E-state index contributed by atoms with van der Waals surface area (Å²) in [5.41, 5.74) is 2.38. The fourth-order valence-corrected chi connectivity index (χ4v) is 3.24. The number of fused-ring (bicyclic) bond motifs is 1. The van der Waals surface area contributed by atoms with Crippen LogP contribution in [0, 0.1) is 12.7 Å². The van der Waals surface area contributed by atoms with E-state index < -0.39 is 11.7 Å². The molecular formula is C24H18FNO4. The summed E-state index contributed by atoms with van der Waals surface area (Å²) in [6.45, 7) is 1.79. The van der Waals surface area contributed by atoms with Crippen LogP contribution in [0.15, 0.2) is 71.1 Å². The Balaban J connectivity index is 1.65. The molecule has 5 nitrogen and oxygen atoms in total. The number of carbonyl (C=O) groups excluding carboxylic acids is 2. The Bertz CT molecular complexity index is 1280. The van der Waals surface area contributed by atoms with E-state index in [2.05, 4.69) is 5.32 Å². The Morgan fingerprint density at radius 1 is 0.967 bits per heavy atom. The van der Waals surface area contributed by atoms with Crippen LogP contribution in [-0.2, 0) is 0 Å². The molecule has 1 amide bonds. The molecule has 0 spiro atoms. The van der Waals surface area contributed by atoms with Crippen LogP contribution in [0.5, 0.6) is 5.75 Å². The molecule has 1 aromatic heterocycles. The summed E-state index contributed by atoms with van der Waals surface area (Å²) in [5, 5.41) is 3.45. The van der Waals surface area contributed by atoms with Crippen LogP contribution in [0.2, 0.25) is 0 Å². The number of hydrogen-bond acceptors (Lipinski definition) is 4. The molecule has 150 valence electrons. The highest BCUT2D eigenvalue weighted by atomic mass is 19.1. The number of carbonyl (C=O) groups is 2. The number of amides is 1. The Morgan fingerprint density at radius 3 is 2.50 bits per heavy atom. The molecule has 4 rings (SSSR count). The molecule has 1 heterocycles. The predicted molar refractivity (Wildman–Crippen MR) is 112 cm³/mol. The van der Waals surface area contributed by atoms with Gasteiger partial charge in [0.05, 0.1) is 7.11 Å². The molecule has 3 aromatic carbocycles. The number of ketones is 1. The van der Waals surface area contributed by atoms with Gasteiger partial charge in [0.1, 0.15) is 17.1 Å². The predicted octanol–water partition coefficient (Wildman–Crippen LogP) is 5.37. The Hall–Kier alpha value is -3.93. The topological polar surface area (TPSA) is 68.5 Å². The van der Waals surface area contributed by atoms with Gasteiger partial charge in [-0.3, -0.25) is 9.59 Å². The molecule has 0 bridgehead atoms. The zero-order valence-electron chi connectivity index (χ0n) is 16.4. The lowest BCUT2D eigenvalue weighted by Crippen LogP contribution is -2.11. The molecule has 0 aliphatic rings. The van der Waals surface area contributed by atoms with Gasteiger partial charge in [0.25, 0.3) is 5.91 Å². The average molecular weight is 403 g/mol. The van der Waals surface area contributed by atoms with Gasteiger partial charge in [-0.25, -0.2) is 4.39 Å². The van der Waals surface area contributed by atoms with Crippen molar-refractivity contribution in [3.8, 4) is 5.75 Å². The van der Waals surface area contributed by atoms with Gasteiger partial charge < -0.3 is 14.5 Å². The molecule has 0 aliphatic carbocycles. The number of methoxy groups -OCH3 is 1. The van der Waals surface area contributed by atoms with Crippen molar-refractivity contribution >= 4 is 28.3 Å². The van der Waals surface area contributed by atoms with Crippen LogP contribution in [0.3, 0.4) is 0 Å². The third-order valence-corrected chi connectivity index (χ3v) is 4.82. The number of hydrogen-bond donors (Lipinski definition) is 1. The van der Waals surface area contributed by atoms with E-state index in [1.807, 2.05) is 0 Å². The lowest BCUT2D eigenvalue weighted by atomic mass is 10.0. The Labute approximate surface area is 172 Å². The van der Waals surface area contributed by atoms with Gasteiger partial charge in [-0.2, -0.15) is 0 Å². The maximum Gasteiger partial charge on any atom is 0.255 e. The van der Waals surface area contributed by atoms with Crippen LogP contribution < -0.4 is 10.1 Å². The van der Waals surface area contributed by atoms with Crippen LogP contribution in [0.25, 0.3) is 11.0 Å². The first kappa shape index (κ1) is 19.4. The van der Waals surface area contributed by atoms with E-state index in [1.165, 1.54) is 31.4 Å². The molecule has 0 aliphatic heterocycles. The first-order valence-corrected chi connectivity index (χ1v) is 9.25. The van der Waals surface area contributed by atoms with Gasteiger partial charge in [-0.1, -0.05) is 18.2 Å². The van der Waals surface area contributed by atoms with Gasteiger partial charge in [0.15, 0.2) is 5.76 Å². The minimum Gasteiger partial charge on any atom is -0.497 e.